The summed E-state index contributed by atoms with van der Waals surface area (Å²) in [7, 11) is -2.20. The quantitative estimate of drug-likeness (QED) is 0.743. The Morgan fingerprint density at radius 1 is 1.29 bits per heavy atom. The summed E-state index contributed by atoms with van der Waals surface area (Å²) >= 11 is 0. The molecular weight excluding hydrogens is 364 g/mol. The van der Waals surface area contributed by atoms with Gasteiger partial charge in [0.15, 0.2) is 0 Å². The van der Waals surface area contributed by atoms with Crippen LogP contribution in [0.3, 0.4) is 0 Å². The van der Waals surface area contributed by atoms with Gasteiger partial charge in [0.1, 0.15) is 0 Å². The van der Waals surface area contributed by atoms with Gasteiger partial charge in [0.25, 0.3) is 11.8 Å². The highest BCUT2D eigenvalue weighted by atomic mass is 35.5. The van der Waals surface area contributed by atoms with Crippen molar-refractivity contribution < 1.29 is 22.0 Å². The third-order valence-corrected chi connectivity index (χ3v) is 5.37. The van der Waals surface area contributed by atoms with E-state index in [1.165, 1.54) is 35.6 Å². The molecule has 1 amide bonds. The van der Waals surface area contributed by atoms with Gasteiger partial charge in [0, 0.05) is 18.7 Å². The van der Waals surface area contributed by atoms with Gasteiger partial charge in [-0.25, -0.2) is 17.2 Å². The molecule has 24 heavy (non-hydrogen) atoms. The van der Waals surface area contributed by atoms with Gasteiger partial charge in [-0.2, -0.15) is 4.31 Å². The highest BCUT2D eigenvalue weighted by Crippen LogP contribution is 2.17. The fourth-order valence-electron chi connectivity index (χ4n) is 1.61. The smallest absolute Gasteiger partial charge is 0.277 e. The number of sulfonamides is 1. The predicted molar refractivity (Wildman–Crippen MR) is 90.1 cm³/mol. The number of rotatable bonds is 7. The number of alkyl halides is 2. The molecule has 1 aromatic carbocycles. The zero-order valence-electron chi connectivity index (χ0n) is 13.6. The van der Waals surface area contributed by atoms with Crippen LogP contribution in [0.15, 0.2) is 29.2 Å². The monoisotopic (exact) mass is 385 g/mol. The van der Waals surface area contributed by atoms with Crippen LogP contribution in [0, 0.1) is 0 Å². The van der Waals surface area contributed by atoms with Crippen LogP contribution in [0.1, 0.15) is 24.2 Å². The molecule has 138 valence electrons. The van der Waals surface area contributed by atoms with Gasteiger partial charge in [-0.05, 0) is 38.1 Å². The third-order valence-electron chi connectivity index (χ3n) is 3.33. The van der Waals surface area contributed by atoms with E-state index < -0.39 is 34.9 Å². The topological polar surface area (TPSA) is 92.5 Å². The van der Waals surface area contributed by atoms with E-state index in [0.29, 0.717) is 0 Å². The van der Waals surface area contributed by atoms with E-state index in [1.807, 2.05) is 0 Å². The number of nitrogens with zero attached hydrogens (tertiary/aromatic N) is 1. The summed E-state index contributed by atoms with van der Waals surface area (Å²) in [5.74, 6) is -3.90. The van der Waals surface area contributed by atoms with Gasteiger partial charge in [-0.3, -0.25) is 4.79 Å². The number of nitrogens with two attached hydrogens (primary N) is 1. The number of nitrogens with one attached hydrogen (secondary N) is 1. The normalized spacial score (nSPS) is 12.2. The number of hydrogen-bond donors (Lipinski definition) is 2. The fourth-order valence-corrected chi connectivity index (χ4v) is 2.97. The van der Waals surface area contributed by atoms with Gasteiger partial charge >= 0.3 is 0 Å². The van der Waals surface area contributed by atoms with E-state index in [4.69, 9.17) is 5.73 Å². The molecule has 6 nitrogen and oxygen atoms in total. The third kappa shape index (κ3) is 5.66. The Kier molecular flexibility index (Phi) is 8.24. The molecule has 3 N–H and O–H groups in total. The largest absolute Gasteiger partial charge is 0.346 e. The minimum atomic E-state index is -3.66. The molecule has 0 saturated heterocycles. The van der Waals surface area contributed by atoms with E-state index in [0.717, 1.165) is 0 Å². The molecule has 0 aromatic heterocycles. The molecule has 0 aliphatic carbocycles. The van der Waals surface area contributed by atoms with Crippen molar-refractivity contribution in [3.63, 3.8) is 0 Å². The Balaban J connectivity index is 0.00000529. The van der Waals surface area contributed by atoms with Gasteiger partial charge in [0.05, 0.1) is 18.0 Å². The maximum absolute atomic E-state index is 13.0. The molecule has 0 spiro atoms. The van der Waals surface area contributed by atoms with Crippen LogP contribution in [0.5, 0.6) is 0 Å². The zero-order valence-corrected chi connectivity index (χ0v) is 15.3. The van der Waals surface area contributed by atoms with Gasteiger partial charge in [0.2, 0.25) is 10.0 Å². The lowest BCUT2D eigenvalue weighted by Crippen LogP contribution is -2.41. The molecule has 0 heterocycles. The summed E-state index contributed by atoms with van der Waals surface area (Å²) in [6.07, 6.45) is 0. The molecular formula is C14H22ClF2N3O3S. The summed E-state index contributed by atoms with van der Waals surface area (Å²) in [6.45, 7) is 1.72. The zero-order chi connectivity index (χ0) is 17.8. The average molecular weight is 386 g/mol. The van der Waals surface area contributed by atoms with E-state index in [-0.39, 0.29) is 28.9 Å². The van der Waals surface area contributed by atoms with Crippen molar-refractivity contribution in [3.8, 4) is 0 Å². The van der Waals surface area contributed by atoms with Crippen LogP contribution >= 0.6 is 12.4 Å². The van der Waals surface area contributed by atoms with E-state index in [1.54, 1.807) is 13.8 Å². The van der Waals surface area contributed by atoms with E-state index >= 15 is 0 Å². The summed E-state index contributed by atoms with van der Waals surface area (Å²) in [5.41, 5.74) is 4.97. The van der Waals surface area contributed by atoms with Gasteiger partial charge in [-0.1, -0.05) is 0 Å². The molecule has 0 fully saturated rings. The molecule has 0 atom stereocenters. The molecule has 0 aliphatic rings. The van der Waals surface area contributed by atoms with Crippen molar-refractivity contribution in [1.29, 1.82) is 0 Å². The SMILES string of the molecule is CC(C)N(C)S(=O)(=O)c1ccc(C(=O)NCC(F)(F)CN)cc1.Cl. The number of halogens is 3. The second-order valence-corrected chi connectivity index (χ2v) is 7.38. The van der Waals surface area contributed by atoms with Crippen LogP contribution in [0.4, 0.5) is 8.78 Å². The highest BCUT2D eigenvalue weighted by Gasteiger charge is 2.27. The Bertz CT molecular complexity index is 652. The highest BCUT2D eigenvalue weighted by molar-refractivity contribution is 7.89. The maximum atomic E-state index is 13.0. The van der Waals surface area contributed by atoms with Crippen molar-refractivity contribution in [2.75, 3.05) is 20.1 Å². The van der Waals surface area contributed by atoms with Crippen LogP contribution in [-0.4, -0.2) is 50.7 Å². The van der Waals surface area contributed by atoms with Crippen LogP contribution in [0.2, 0.25) is 0 Å². The molecule has 0 saturated carbocycles. The number of hydrogen-bond acceptors (Lipinski definition) is 4. The molecule has 0 aliphatic heterocycles. The minimum absolute atomic E-state index is 0. The average Bonchev–Trinajstić information content (AvgIpc) is 2.51. The lowest BCUT2D eigenvalue weighted by molar-refractivity contribution is 0.0118. The van der Waals surface area contributed by atoms with Crippen molar-refractivity contribution in [2.45, 2.75) is 30.7 Å². The van der Waals surface area contributed by atoms with Crippen LogP contribution in [-0.2, 0) is 10.0 Å². The Morgan fingerprint density at radius 2 is 1.79 bits per heavy atom. The molecule has 1 aromatic rings. The lowest BCUT2D eigenvalue weighted by atomic mass is 10.2. The number of benzene rings is 1. The van der Waals surface area contributed by atoms with E-state index in [9.17, 15) is 22.0 Å². The molecule has 1 rings (SSSR count). The fraction of sp³-hybridized carbons (Fsp3) is 0.500. The second-order valence-electron chi connectivity index (χ2n) is 5.38. The van der Waals surface area contributed by atoms with Crippen molar-refractivity contribution >= 4 is 28.3 Å². The molecule has 10 heteroatoms. The summed E-state index contributed by atoms with van der Waals surface area (Å²) in [4.78, 5) is 11.8. The summed E-state index contributed by atoms with van der Waals surface area (Å²) in [5, 5.41) is 2.06. The van der Waals surface area contributed by atoms with Gasteiger partial charge in [-0.15, -0.1) is 12.4 Å². The number of carbonyl (C=O) groups excluding carboxylic acids is 1. The first-order valence-corrected chi connectivity index (χ1v) is 8.39. The lowest BCUT2D eigenvalue weighted by Gasteiger charge is -2.21. The summed E-state index contributed by atoms with van der Waals surface area (Å²) in [6, 6.07) is 4.86. The second kappa shape index (κ2) is 8.70. The van der Waals surface area contributed by atoms with Gasteiger partial charge < -0.3 is 11.1 Å². The summed E-state index contributed by atoms with van der Waals surface area (Å²) < 4.78 is 51.7. The first kappa shape index (κ1) is 22.7. The molecule has 0 unspecified atom stereocenters. The Morgan fingerprint density at radius 3 is 2.21 bits per heavy atom. The Hall–Kier alpha value is -1.29. The van der Waals surface area contributed by atoms with Crippen LogP contribution in [0.25, 0.3) is 0 Å². The first-order valence-electron chi connectivity index (χ1n) is 6.95. The predicted octanol–water partition coefficient (Wildman–Crippen LogP) is 1.46. The number of carbonyl (C=O) groups is 1. The van der Waals surface area contributed by atoms with Crippen molar-refractivity contribution in [1.82, 2.24) is 9.62 Å². The minimum Gasteiger partial charge on any atom is -0.346 e. The van der Waals surface area contributed by atoms with Crippen LogP contribution < -0.4 is 11.1 Å². The van der Waals surface area contributed by atoms with Crippen molar-refractivity contribution in [2.24, 2.45) is 5.73 Å². The maximum Gasteiger partial charge on any atom is 0.277 e. The van der Waals surface area contributed by atoms with E-state index in [2.05, 4.69) is 5.32 Å². The first-order chi connectivity index (χ1) is 10.5. The number of amides is 1. The Labute approximate surface area is 146 Å². The standard InChI is InChI=1S/C14H21F2N3O3S.ClH/c1-10(2)19(3)23(21,22)12-6-4-11(5-7-12)13(20)18-9-14(15,16)8-17;/h4-7,10H,8-9,17H2,1-3H3,(H,18,20);1H. The molecule has 0 bridgehead atoms. The van der Waals surface area contributed by atoms with Crippen molar-refractivity contribution in [3.05, 3.63) is 29.8 Å². The molecule has 0 radical (unpaired) electrons.